The van der Waals surface area contributed by atoms with Crippen molar-refractivity contribution in [2.24, 2.45) is 4.99 Å². The molecule has 50 valence electrons. The van der Waals surface area contributed by atoms with Crippen LogP contribution in [0.15, 0.2) is 4.99 Å². The highest BCUT2D eigenvalue weighted by atomic mass is 127. The summed E-state index contributed by atoms with van der Waals surface area (Å²) in [7, 11) is 1.68. The second-order valence-electron chi connectivity index (χ2n) is 2.60. The molecule has 1 fully saturated rings. The summed E-state index contributed by atoms with van der Waals surface area (Å²) in [6, 6.07) is 0. The number of rotatable bonds is 0. The van der Waals surface area contributed by atoms with Crippen molar-refractivity contribution in [2.75, 3.05) is 6.54 Å². The Labute approximate surface area is 70.5 Å². The molecule has 0 radical (unpaired) electrons. The Morgan fingerprint density at radius 3 is 2.78 bits per heavy atom. The summed E-state index contributed by atoms with van der Waals surface area (Å²) in [5.41, 5.74) is 0.438. The van der Waals surface area contributed by atoms with Crippen LogP contribution in [0.3, 0.4) is 0 Å². The molecule has 2 aliphatic rings. The van der Waals surface area contributed by atoms with Crippen LogP contribution in [-0.2, 0) is 0 Å². The van der Waals surface area contributed by atoms with Crippen LogP contribution in [0.5, 0.6) is 0 Å². The molecule has 0 unspecified atom stereocenters. The van der Waals surface area contributed by atoms with Crippen molar-refractivity contribution >= 4 is 35.3 Å². The van der Waals surface area contributed by atoms with Crippen LogP contribution >= 0.6 is 30.1 Å². The smallest absolute Gasteiger partial charge is 0.167 e. The van der Waals surface area contributed by atoms with Crippen LogP contribution in [0, 0.1) is 0 Å². The van der Waals surface area contributed by atoms with Gasteiger partial charge in [0.05, 0.1) is 12.1 Å². The Balaban J connectivity index is 2.02. The molecule has 1 saturated carbocycles. The van der Waals surface area contributed by atoms with Gasteiger partial charge in [0.25, 0.3) is 0 Å². The first kappa shape index (κ1) is 6.27. The summed E-state index contributed by atoms with van der Waals surface area (Å²) < 4.78 is 0. The molecule has 1 spiro atoms. The Morgan fingerprint density at radius 1 is 1.67 bits per heavy atom. The third kappa shape index (κ3) is 1.07. The van der Waals surface area contributed by atoms with Gasteiger partial charge in [-0.15, -0.1) is 0 Å². The van der Waals surface area contributed by atoms with Crippen LogP contribution < -0.4 is 5.32 Å². The van der Waals surface area contributed by atoms with Gasteiger partial charge in [0.15, 0.2) is 5.17 Å². The Bertz CT molecular complexity index is 164. The van der Waals surface area contributed by atoms with Crippen LogP contribution in [-0.4, -0.2) is 17.3 Å². The van der Waals surface area contributed by atoms with E-state index in [1.54, 1.807) is 8.93 Å². The van der Waals surface area contributed by atoms with E-state index in [0.717, 1.165) is 11.7 Å². The van der Waals surface area contributed by atoms with Crippen LogP contribution in [0.25, 0.3) is 0 Å². The molecule has 1 heterocycles. The second-order valence-corrected chi connectivity index (χ2v) is 4.47. The molecular formula is C5H7IN2S. The van der Waals surface area contributed by atoms with E-state index in [-0.39, 0.29) is 0 Å². The Kier molecular flexibility index (Phi) is 1.40. The fraction of sp³-hybridized carbons (Fsp3) is 0.800. The summed E-state index contributed by atoms with van der Waals surface area (Å²) in [6.45, 7) is 1.01. The standard InChI is InChI=1S/C5H7IN2S/c6-9-4-7-3-5(8-4)1-2-5/h1-3H2,(H,7,8). The molecule has 1 aliphatic carbocycles. The molecule has 0 saturated heterocycles. The third-order valence-corrected chi connectivity index (χ3v) is 3.45. The van der Waals surface area contributed by atoms with E-state index in [2.05, 4.69) is 31.5 Å². The average Bonchev–Trinajstić information content (AvgIpc) is 2.44. The molecule has 9 heavy (non-hydrogen) atoms. The fourth-order valence-electron chi connectivity index (χ4n) is 1.01. The minimum Gasteiger partial charge on any atom is -0.357 e. The van der Waals surface area contributed by atoms with E-state index in [0.29, 0.717) is 5.54 Å². The number of halogens is 1. The molecule has 0 aromatic carbocycles. The quantitative estimate of drug-likeness (QED) is 0.663. The minimum atomic E-state index is 0.438. The van der Waals surface area contributed by atoms with Crippen molar-refractivity contribution < 1.29 is 0 Å². The normalized spacial score (nSPS) is 27.9. The van der Waals surface area contributed by atoms with Gasteiger partial charge < -0.3 is 5.32 Å². The molecular weight excluding hydrogens is 247 g/mol. The van der Waals surface area contributed by atoms with E-state index < -0.39 is 0 Å². The Hall–Kier alpha value is 0.550. The van der Waals surface area contributed by atoms with Gasteiger partial charge in [-0.1, -0.05) is 0 Å². The second kappa shape index (κ2) is 2.02. The lowest BCUT2D eigenvalue weighted by Crippen LogP contribution is -2.29. The first-order valence-corrected chi connectivity index (χ1v) is 6.32. The van der Waals surface area contributed by atoms with Gasteiger partial charge in [0, 0.05) is 21.2 Å². The number of amidine groups is 1. The largest absolute Gasteiger partial charge is 0.357 e. The monoisotopic (exact) mass is 254 g/mol. The van der Waals surface area contributed by atoms with Gasteiger partial charge >= 0.3 is 0 Å². The van der Waals surface area contributed by atoms with Gasteiger partial charge in [-0.05, 0) is 21.8 Å². The first-order valence-electron chi connectivity index (χ1n) is 2.96. The predicted molar refractivity (Wildman–Crippen MR) is 49.0 cm³/mol. The summed E-state index contributed by atoms with van der Waals surface area (Å²) >= 11 is 2.26. The number of nitrogens with one attached hydrogen (secondary N) is 1. The van der Waals surface area contributed by atoms with Crippen molar-refractivity contribution in [3.8, 4) is 0 Å². The van der Waals surface area contributed by atoms with E-state index in [1.807, 2.05) is 0 Å². The maximum absolute atomic E-state index is 4.33. The van der Waals surface area contributed by atoms with E-state index in [4.69, 9.17) is 0 Å². The zero-order valence-corrected chi connectivity index (χ0v) is 7.83. The minimum absolute atomic E-state index is 0.438. The molecule has 1 N–H and O–H groups in total. The molecule has 2 rings (SSSR count). The number of aliphatic imine (C=N–C) groups is 1. The summed E-state index contributed by atoms with van der Waals surface area (Å²) in [4.78, 5) is 4.33. The predicted octanol–water partition coefficient (Wildman–Crippen LogP) is 1.56. The Morgan fingerprint density at radius 2 is 2.44 bits per heavy atom. The van der Waals surface area contributed by atoms with Gasteiger partial charge in [-0.25, -0.2) is 0 Å². The van der Waals surface area contributed by atoms with Crippen molar-refractivity contribution in [1.82, 2.24) is 5.32 Å². The fourth-order valence-corrected chi connectivity index (χ4v) is 2.12. The van der Waals surface area contributed by atoms with E-state index in [9.17, 15) is 0 Å². The molecule has 4 heteroatoms. The molecule has 0 bridgehead atoms. The first-order chi connectivity index (χ1) is 4.35. The van der Waals surface area contributed by atoms with Crippen LogP contribution in [0.4, 0.5) is 0 Å². The molecule has 0 atom stereocenters. The van der Waals surface area contributed by atoms with Crippen molar-refractivity contribution in [3.63, 3.8) is 0 Å². The lowest BCUT2D eigenvalue weighted by Gasteiger charge is -2.04. The zero-order chi connectivity index (χ0) is 6.32. The van der Waals surface area contributed by atoms with Gasteiger partial charge in [-0.3, -0.25) is 4.99 Å². The van der Waals surface area contributed by atoms with E-state index in [1.165, 1.54) is 12.8 Å². The number of hydrogen-bond acceptors (Lipinski definition) is 3. The maximum atomic E-state index is 4.33. The van der Waals surface area contributed by atoms with Crippen LogP contribution in [0.1, 0.15) is 12.8 Å². The highest BCUT2D eigenvalue weighted by molar-refractivity contribution is 14.2. The number of hydrogen-bond donors (Lipinski definition) is 1. The van der Waals surface area contributed by atoms with Crippen LogP contribution in [0.2, 0.25) is 0 Å². The highest BCUT2D eigenvalue weighted by Crippen LogP contribution is 2.39. The average molecular weight is 254 g/mol. The van der Waals surface area contributed by atoms with Crippen molar-refractivity contribution in [3.05, 3.63) is 0 Å². The molecule has 2 nitrogen and oxygen atoms in total. The van der Waals surface area contributed by atoms with Gasteiger partial charge in [0.1, 0.15) is 0 Å². The highest BCUT2D eigenvalue weighted by Gasteiger charge is 2.46. The third-order valence-electron chi connectivity index (χ3n) is 1.82. The van der Waals surface area contributed by atoms with E-state index >= 15 is 0 Å². The summed E-state index contributed by atoms with van der Waals surface area (Å²) in [5.74, 6) is 0. The lowest BCUT2D eigenvalue weighted by atomic mass is 10.3. The molecule has 0 amide bonds. The number of nitrogens with zero attached hydrogens (tertiary/aromatic N) is 1. The van der Waals surface area contributed by atoms with Gasteiger partial charge in [0.2, 0.25) is 0 Å². The zero-order valence-electron chi connectivity index (χ0n) is 4.85. The topological polar surface area (TPSA) is 24.4 Å². The SMILES string of the molecule is ISC1=NCC2(CC2)N1. The lowest BCUT2D eigenvalue weighted by molar-refractivity contribution is 0.662. The summed E-state index contributed by atoms with van der Waals surface area (Å²) in [5, 5.41) is 4.52. The van der Waals surface area contributed by atoms with Crippen molar-refractivity contribution in [2.45, 2.75) is 18.4 Å². The molecule has 0 aromatic rings. The summed E-state index contributed by atoms with van der Waals surface area (Å²) in [6.07, 6.45) is 2.63. The molecule has 1 aliphatic heterocycles. The van der Waals surface area contributed by atoms with Crippen molar-refractivity contribution in [1.29, 1.82) is 0 Å². The van der Waals surface area contributed by atoms with Gasteiger partial charge in [-0.2, -0.15) is 0 Å². The molecule has 0 aromatic heterocycles. The maximum Gasteiger partial charge on any atom is 0.167 e.